The molecule has 0 aromatic carbocycles. The summed E-state index contributed by atoms with van der Waals surface area (Å²) in [5.41, 5.74) is 0. The van der Waals surface area contributed by atoms with Crippen molar-refractivity contribution in [3.8, 4) is 0 Å². The van der Waals surface area contributed by atoms with E-state index in [1.807, 2.05) is 6.92 Å². The zero-order valence-corrected chi connectivity index (χ0v) is 10.5. The van der Waals surface area contributed by atoms with E-state index in [4.69, 9.17) is 14.2 Å². The van der Waals surface area contributed by atoms with Crippen molar-refractivity contribution >= 4 is 5.91 Å². The average Bonchev–Trinajstić information content (AvgIpc) is 2.37. The zero-order chi connectivity index (χ0) is 12.5. The van der Waals surface area contributed by atoms with Gasteiger partial charge in [0.1, 0.15) is 0 Å². The van der Waals surface area contributed by atoms with Gasteiger partial charge in [0.25, 0.3) is 0 Å². The number of hydrogen-bond acceptors (Lipinski definition) is 5. The van der Waals surface area contributed by atoms with E-state index in [0.717, 1.165) is 0 Å². The number of ether oxygens (including phenoxy) is 3. The molecule has 1 heterocycles. The van der Waals surface area contributed by atoms with E-state index in [2.05, 4.69) is 10.6 Å². The van der Waals surface area contributed by atoms with Crippen LogP contribution in [0.5, 0.6) is 0 Å². The molecule has 0 aromatic heterocycles. The number of carbonyl (C=O) groups is 1. The minimum absolute atomic E-state index is 0.0289. The summed E-state index contributed by atoms with van der Waals surface area (Å²) < 4.78 is 15.6. The molecule has 0 radical (unpaired) electrons. The standard InChI is InChI=1S/C11H22N2O4/c1-9(11(14)12-3-4-15-2)13-7-10-8-16-5-6-17-10/h9-10,13H,3-8H2,1-2H3,(H,12,14). The lowest BCUT2D eigenvalue weighted by molar-refractivity contribution is -0.123. The van der Waals surface area contributed by atoms with Crippen molar-refractivity contribution < 1.29 is 19.0 Å². The van der Waals surface area contributed by atoms with Crippen LogP contribution in [-0.4, -0.2) is 64.7 Å². The van der Waals surface area contributed by atoms with Gasteiger partial charge in [0.15, 0.2) is 0 Å². The van der Waals surface area contributed by atoms with Crippen LogP contribution in [-0.2, 0) is 19.0 Å². The van der Waals surface area contributed by atoms with Gasteiger partial charge in [0.05, 0.1) is 38.6 Å². The maximum absolute atomic E-state index is 11.6. The fourth-order valence-electron chi connectivity index (χ4n) is 1.48. The molecule has 6 heteroatoms. The van der Waals surface area contributed by atoms with Crippen LogP contribution in [0.4, 0.5) is 0 Å². The molecule has 0 spiro atoms. The molecule has 2 N–H and O–H groups in total. The first-order valence-corrected chi connectivity index (χ1v) is 5.93. The number of amides is 1. The van der Waals surface area contributed by atoms with E-state index in [9.17, 15) is 4.79 Å². The van der Waals surface area contributed by atoms with Gasteiger partial charge in [0, 0.05) is 20.2 Å². The van der Waals surface area contributed by atoms with Crippen LogP contribution in [0.15, 0.2) is 0 Å². The third kappa shape index (κ3) is 5.97. The third-order valence-corrected chi connectivity index (χ3v) is 2.54. The summed E-state index contributed by atoms with van der Waals surface area (Å²) in [6.45, 7) is 5.38. The van der Waals surface area contributed by atoms with Crippen molar-refractivity contribution in [3.05, 3.63) is 0 Å². The summed E-state index contributed by atoms with van der Waals surface area (Å²) >= 11 is 0. The van der Waals surface area contributed by atoms with Gasteiger partial charge in [-0.3, -0.25) is 4.79 Å². The summed E-state index contributed by atoms with van der Waals surface area (Å²) in [5, 5.41) is 5.89. The van der Waals surface area contributed by atoms with Gasteiger partial charge in [-0.1, -0.05) is 0 Å². The van der Waals surface area contributed by atoms with Gasteiger partial charge in [0.2, 0.25) is 5.91 Å². The van der Waals surface area contributed by atoms with E-state index in [1.54, 1.807) is 7.11 Å². The number of rotatable bonds is 7. The monoisotopic (exact) mass is 246 g/mol. The van der Waals surface area contributed by atoms with Crippen LogP contribution in [0.25, 0.3) is 0 Å². The first-order chi connectivity index (χ1) is 8.24. The fourth-order valence-corrected chi connectivity index (χ4v) is 1.48. The summed E-state index contributed by atoms with van der Waals surface area (Å²) in [6, 6.07) is -0.239. The molecule has 17 heavy (non-hydrogen) atoms. The molecule has 1 fully saturated rings. The summed E-state index contributed by atoms with van der Waals surface area (Å²) in [6.07, 6.45) is 0.0398. The molecule has 0 bridgehead atoms. The number of carbonyl (C=O) groups excluding carboxylic acids is 1. The van der Waals surface area contributed by atoms with E-state index in [0.29, 0.717) is 39.5 Å². The molecule has 1 rings (SSSR count). The van der Waals surface area contributed by atoms with Gasteiger partial charge in [-0.05, 0) is 6.92 Å². The van der Waals surface area contributed by atoms with Crippen molar-refractivity contribution in [1.82, 2.24) is 10.6 Å². The Kier molecular flexibility index (Phi) is 7.11. The molecule has 2 unspecified atom stereocenters. The molecule has 1 aliphatic rings. The van der Waals surface area contributed by atoms with E-state index >= 15 is 0 Å². The lowest BCUT2D eigenvalue weighted by atomic mass is 10.2. The first kappa shape index (κ1) is 14.4. The number of nitrogens with one attached hydrogen (secondary N) is 2. The summed E-state index contributed by atoms with van der Waals surface area (Å²) in [7, 11) is 1.61. The zero-order valence-electron chi connectivity index (χ0n) is 10.5. The second kappa shape index (κ2) is 8.41. The maximum Gasteiger partial charge on any atom is 0.236 e. The Hall–Kier alpha value is -0.690. The van der Waals surface area contributed by atoms with E-state index in [-0.39, 0.29) is 18.1 Å². The van der Waals surface area contributed by atoms with Gasteiger partial charge < -0.3 is 24.8 Å². The van der Waals surface area contributed by atoms with Crippen LogP contribution in [0, 0.1) is 0 Å². The van der Waals surface area contributed by atoms with Gasteiger partial charge in [-0.15, -0.1) is 0 Å². The van der Waals surface area contributed by atoms with Crippen LogP contribution in [0.2, 0.25) is 0 Å². The predicted molar refractivity (Wildman–Crippen MR) is 62.9 cm³/mol. The van der Waals surface area contributed by atoms with Crippen molar-refractivity contribution in [2.24, 2.45) is 0 Å². The van der Waals surface area contributed by atoms with E-state index in [1.165, 1.54) is 0 Å². The lowest BCUT2D eigenvalue weighted by Gasteiger charge is -2.24. The van der Waals surface area contributed by atoms with Gasteiger partial charge in [-0.2, -0.15) is 0 Å². The maximum atomic E-state index is 11.6. The molecule has 100 valence electrons. The van der Waals surface area contributed by atoms with Gasteiger partial charge >= 0.3 is 0 Å². The van der Waals surface area contributed by atoms with E-state index < -0.39 is 0 Å². The van der Waals surface area contributed by atoms with Crippen LogP contribution in [0.3, 0.4) is 0 Å². The Morgan fingerprint density at radius 1 is 1.53 bits per heavy atom. The number of methoxy groups -OCH3 is 1. The SMILES string of the molecule is COCCNC(=O)C(C)NCC1COCCO1. The quantitative estimate of drug-likeness (QED) is 0.572. The number of hydrogen-bond donors (Lipinski definition) is 2. The van der Waals surface area contributed by atoms with Crippen LogP contribution >= 0.6 is 0 Å². The van der Waals surface area contributed by atoms with Crippen LogP contribution < -0.4 is 10.6 Å². The molecule has 0 aromatic rings. The Morgan fingerprint density at radius 2 is 2.35 bits per heavy atom. The average molecular weight is 246 g/mol. The third-order valence-electron chi connectivity index (χ3n) is 2.54. The summed E-state index contributed by atoms with van der Waals surface area (Å²) in [4.78, 5) is 11.6. The first-order valence-electron chi connectivity index (χ1n) is 5.93. The molecule has 0 saturated carbocycles. The molecule has 1 amide bonds. The van der Waals surface area contributed by atoms with Crippen molar-refractivity contribution in [3.63, 3.8) is 0 Å². The molecule has 0 aliphatic carbocycles. The molecular weight excluding hydrogens is 224 g/mol. The highest BCUT2D eigenvalue weighted by Gasteiger charge is 2.17. The Labute approximate surface area is 102 Å². The van der Waals surface area contributed by atoms with Crippen molar-refractivity contribution in [2.45, 2.75) is 19.1 Å². The minimum Gasteiger partial charge on any atom is -0.383 e. The van der Waals surface area contributed by atoms with Crippen LogP contribution in [0.1, 0.15) is 6.92 Å². The lowest BCUT2D eigenvalue weighted by Crippen LogP contribution is -2.47. The minimum atomic E-state index is -0.239. The summed E-state index contributed by atoms with van der Waals surface area (Å²) in [5.74, 6) is -0.0289. The normalized spacial score (nSPS) is 22.1. The predicted octanol–water partition coefficient (Wildman–Crippen LogP) is -0.857. The van der Waals surface area contributed by atoms with Gasteiger partial charge in [-0.25, -0.2) is 0 Å². The highest BCUT2D eigenvalue weighted by atomic mass is 16.6. The molecule has 1 saturated heterocycles. The van der Waals surface area contributed by atoms with Crippen molar-refractivity contribution in [1.29, 1.82) is 0 Å². The molecule has 1 aliphatic heterocycles. The van der Waals surface area contributed by atoms with Crippen molar-refractivity contribution in [2.75, 3.05) is 46.6 Å². The fraction of sp³-hybridized carbons (Fsp3) is 0.909. The smallest absolute Gasteiger partial charge is 0.236 e. The second-order valence-electron chi connectivity index (χ2n) is 3.98. The Morgan fingerprint density at radius 3 is 3.00 bits per heavy atom. The largest absolute Gasteiger partial charge is 0.383 e. The highest BCUT2D eigenvalue weighted by molar-refractivity contribution is 5.81. The molecular formula is C11H22N2O4. The molecule has 2 atom stereocenters. The second-order valence-corrected chi connectivity index (χ2v) is 3.98. The topological polar surface area (TPSA) is 68.8 Å². The highest BCUT2D eigenvalue weighted by Crippen LogP contribution is 1.99. The Balaban J connectivity index is 2.10. The molecule has 6 nitrogen and oxygen atoms in total. The Bertz CT molecular complexity index is 220.